The fourth-order valence-corrected chi connectivity index (χ4v) is 5.86. The summed E-state index contributed by atoms with van der Waals surface area (Å²) in [5, 5.41) is 9.91. The highest BCUT2D eigenvalue weighted by atomic mass is 32.1. The lowest BCUT2D eigenvalue weighted by atomic mass is 9.75. The van der Waals surface area contributed by atoms with Gasteiger partial charge in [-0.05, 0) is 60.7 Å². The van der Waals surface area contributed by atoms with Gasteiger partial charge in [-0.2, -0.15) is 11.3 Å². The van der Waals surface area contributed by atoms with Crippen LogP contribution in [0.1, 0.15) is 18.4 Å². The molecule has 4 unspecified atom stereocenters. The van der Waals surface area contributed by atoms with Crippen LogP contribution in [0.2, 0.25) is 0 Å². The van der Waals surface area contributed by atoms with Crippen molar-refractivity contribution in [1.82, 2.24) is 10.2 Å². The van der Waals surface area contributed by atoms with Gasteiger partial charge in [0.25, 0.3) is 0 Å². The average Bonchev–Trinajstić information content (AvgIpc) is 3.37. The van der Waals surface area contributed by atoms with E-state index in [1.165, 1.54) is 50.1 Å². The Kier molecular flexibility index (Phi) is 4.99. The molecular formula is C22H28N4OS. The van der Waals surface area contributed by atoms with Gasteiger partial charge in [0, 0.05) is 43.3 Å². The summed E-state index contributed by atoms with van der Waals surface area (Å²) in [6.45, 7) is 5.43. The first-order valence-corrected chi connectivity index (χ1v) is 11.3. The number of piperidine rings is 3. The number of hydrogen-bond donors (Lipinski definition) is 2. The van der Waals surface area contributed by atoms with Crippen molar-refractivity contribution in [2.45, 2.75) is 25.3 Å². The van der Waals surface area contributed by atoms with Crippen molar-refractivity contribution in [3.63, 3.8) is 0 Å². The number of carbonyl (C=O) groups excluding carboxylic acids is 1. The van der Waals surface area contributed by atoms with E-state index in [1.54, 1.807) is 11.3 Å². The standard InChI is InChI=1S/C22H28N4OS/c27-22(24-19-7-10-28-15-19)23-12-20-11-17-6-8-25(20)13-18(17)14-26-9-5-16-3-1-2-4-21(16)26/h1-4,7,10,15,17-18,20H,5-6,8-9,11-14H2,(H2,23,24,27). The van der Waals surface area contributed by atoms with Crippen LogP contribution < -0.4 is 15.5 Å². The summed E-state index contributed by atoms with van der Waals surface area (Å²) in [5.41, 5.74) is 3.82. The Morgan fingerprint density at radius 3 is 2.96 bits per heavy atom. The Morgan fingerprint density at radius 2 is 2.14 bits per heavy atom. The molecule has 0 radical (unpaired) electrons. The number of hydrogen-bond acceptors (Lipinski definition) is 4. The number of benzene rings is 1. The number of carbonyl (C=O) groups is 1. The minimum absolute atomic E-state index is 0.0914. The maximum absolute atomic E-state index is 12.1. The summed E-state index contributed by atoms with van der Waals surface area (Å²) >= 11 is 1.59. The van der Waals surface area contributed by atoms with Crippen molar-refractivity contribution >= 4 is 28.7 Å². The zero-order valence-electron chi connectivity index (χ0n) is 16.1. The number of thiophene rings is 1. The van der Waals surface area contributed by atoms with Gasteiger partial charge in [-0.25, -0.2) is 4.79 Å². The van der Waals surface area contributed by atoms with Crippen LogP contribution in [0.5, 0.6) is 0 Å². The number of anilines is 2. The molecule has 6 heteroatoms. The molecule has 0 spiro atoms. The number of fused-ring (bicyclic) bond motifs is 4. The van der Waals surface area contributed by atoms with Crippen molar-refractivity contribution < 1.29 is 4.79 Å². The molecule has 0 aliphatic carbocycles. The van der Waals surface area contributed by atoms with E-state index in [-0.39, 0.29) is 6.03 Å². The van der Waals surface area contributed by atoms with Gasteiger partial charge in [0.2, 0.25) is 0 Å². The highest BCUT2D eigenvalue weighted by Gasteiger charge is 2.41. The molecule has 3 saturated heterocycles. The lowest BCUT2D eigenvalue weighted by Crippen LogP contribution is -2.58. The predicted molar refractivity (Wildman–Crippen MR) is 115 cm³/mol. The first-order chi connectivity index (χ1) is 13.8. The molecule has 6 rings (SSSR count). The summed E-state index contributed by atoms with van der Waals surface area (Å²) in [5.74, 6) is 1.53. The van der Waals surface area contributed by atoms with Gasteiger partial charge >= 0.3 is 6.03 Å². The summed E-state index contributed by atoms with van der Waals surface area (Å²) in [6.07, 6.45) is 3.69. The molecule has 1 aromatic heterocycles. The van der Waals surface area contributed by atoms with E-state index >= 15 is 0 Å². The second kappa shape index (κ2) is 7.76. The molecule has 2 amide bonds. The van der Waals surface area contributed by atoms with Crippen LogP contribution in [0, 0.1) is 11.8 Å². The van der Waals surface area contributed by atoms with E-state index in [1.807, 2.05) is 16.8 Å². The third kappa shape index (κ3) is 3.63. The Balaban J connectivity index is 1.14. The summed E-state index contributed by atoms with van der Waals surface area (Å²) in [7, 11) is 0. The number of nitrogens with zero attached hydrogens (tertiary/aromatic N) is 2. The van der Waals surface area contributed by atoms with E-state index in [0.29, 0.717) is 6.04 Å². The summed E-state index contributed by atoms with van der Waals surface area (Å²) < 4.78 is 0. The molecule has 3 fully saturated rings. The van der Waals surface area contributed by atoms with Crippen molar-refractivity contribution in [3.05, 3.63) is 46.7 Å². The predicted octanol–water partition coefficient (Wildman–Crippen LogP) is 3.64. The lowest BCUT2D eigenvalue weighted by molar-refractivity contribution is 0.00590. The molecule has 5 heterocycles. The monoisotopic (exact) mass is 396 g/mol. The molecule has 4 atom stereocenters. The Labute approximate surface area is 170 Å². The van der Waals surface area contributed by atoms with Crippen molar-refractivity contribution in [2.24, 2.45) is 11.8 Å². The highest BCUT2D eigenvalue weighted by Crippen LogP contribution is 2.38. The van der Waals surface area contributed by atoms with Gasteiger partial charge < -0.3 is 15.5 Å². The topological polar surface area (TPSA) is 47.6 Å². The third-order valence-corrected chi connectivity index (χ3v) is 7.41. The van der Waals surface area contributed by atoms with Gasteiger partial charge in [0.15, 0.2) is 0 Å². The molecule has 4 aliphatic rings. The zero-order valence-corrected chi connectivity index (χ0v) is 17.0. The number of para-hydroxylation sites is 1. The summed E-state index contributed by atoms with van der Waals surface area (Å²) in [6, 6.07) is 11.2. The van der Waals surface area contributed by atoms with E-state index in [0.717, 1.165) is 30.6 Å². The molecule has 0 saturated carbocycles. The van der Waals surface area contributed by atoms with Gasteiger partial charge in [-0.3, -0.25) is 4.90 Å². The largest absolute Gasteiger partial charge is 0.371 e. The SMILES string of the molecule is O=C(NCC1CC2CCN1CC2CN1CCc2ccccc21)Nc1ccsc1. The van der Waals surface area contributed by atoms with Crippen molar-refractivity contribution in [1.29, 1.82) is 0 Å². The minimum atomic E-state index is -0.0914. The van der Waals surface area contributed by atoms with Crippen molar-refractivity contribution in [2.75, 3.05) is 42.9 Å². The lowest BCUT2D eigenvalue weighted by Gasteiger charge is -2.50. The smallest absolute Gasteiger partial charge is 0.319 e. The minimum Gasteiger partial charge on any atom is -0.371 e. The number of urea groups is 1. The van der Waals surface area contributed by atoms with E-state index in [4.69, 9.17) is 0 Å². The maximum Gasteiger partial charge on any atom is 0.319 e. The zero-order chi connectivity index (χ0) is 18.9. The highest BCUT2D eigenvalue weighted by molar-refractivity contribution is 7.08. The van der Waals surface area contributed by atoms with Crippen LogP contribution in [0.4, 0.5) is 16.2 Å². The Hall–Kier alpha value is -2.05. The summed E-state index contributed by atoms with van der Waals surface area (Å²) in [4.78, 5) is 17.3. The van der Waals surface area contributed by atoms with E-state index < -0.39 is 0 Å². The van der Waals surface area contributed by atoms with Crippen molar-refractivity contribution in [3.8, 4) is 0 Å². The molecule has 4 aliphatic heterocycles. The number of amides is 2. The number of rotatable bonds is 5. The Morgan fingerprint density at radius 1 is 1.21 bits per heavy atom. The quantitative estimate of drug-likeness (QED) is 0.811. The fraction of sp³-hybridized carbons (Fsp3) is 0.500. The molecule has 5 nitrogen and oxygen atoms in total. The number of nitrogens with one attached hydrogen (secondary N) is 2. The molecule has 2 aromatic rings. The van der Waals surface area contributed by atoms with Crippen LogP contribution in [0.15, 0.2) is 41.1 Å². The first-order valence-electron chi connectivity index (χ1n) is 10.4. The average molecular weight is 397 g/mol. The molecule has 28 heavy (non-hydrogen) atoms. The fourth-order valence-electron chi connectivity index (χ4n) is 5.27. The molecule has 2 bridgehead atoms. The molecular weight excluding hydrogens is 368 g/mol. The van der Waals surface area contributed by atoms with Crippen LogP contribution in [-0.2, 0) is 6.42 Å². The van der Waals surface area contributed by atoms with E-state index in [9.17, 15) is 4.79 Å². The molecule has 2 N–H and O–H groups in total. The van der Waals surface area contributed by atoms with Crippen LogP contribution in [0.3, 0.4) is 0 Å². The van der Waals surface area contributed by atoms with Crippen LogP contribution in [0.25, 0.3) is 0 Å². The normalized spacial score (nSPS) is 28.2. The second-order valence-corrected chi connectivity index (χ2v) is 9.15. The maximum atomic E-state index is 12.1. The van der Waals surface area contributed by atoms with Gasteiger partial charge in [0.1, 0.15) is 0 Å². The third-order valence-electron chi connectivity index (χ3n) is 6.73. The van der Waals surface area contributed by atoms with E-state index in [2.05, 4.69) is 44.7 Å². The van der Waals surface area contributed by atoms with Gasteiger partial charge in [-0.15, -0.1) is 0 Å². The van der Waals surface area contributed by atoms with Crippen LogP contribution in [-0.4, -0.2) is 49.7 Å². The second-order valence-electron chi connectivity index (χ2n) is 8.37. The molecule has 1 aromatic carbocycles. The van der Waals surface area contributed by atoms with Gasteiger partial charge in [-0.1, -0.05) is 18.2 Å². The first kappa shape index (κ1) is 18.0. The Bertz CT molecular complexity index is 824. The van der Waals surface area contributed by atoms with Gasteiger partial charge in [0.05, 0.1) is 5.69 Å². The van der Waals surface area contributed by atoms with Crippen LogP contribution >= 0.6 is 11.3 Å². The molecule has 148 valence electrons.